The third kappa shape index (κ3) is 89.6. The summed E-state index contributed by atoms with van der Waals surface area (Å²) in [6.07, 6.45) is 0.900. The fourth-order valence-corrected chi connectivity index (χ4v) is 1.04. The van der Waals surface area contributed by atoms with Crippen LogP contribution in [0.25, 0.3) is 0 Å². The molecule has 15 nitrogen and oxygen atoms in total. The number of ether oxygens (including phenoxy) is 1. The van der Waals surface area contributed by atoms with Crippen molar-refractivity contribution in [3.05, 3.63) is 0 Å². The van der Waals surface area contributed by atoms with Crippen molar-refractivity contribution >= 4 is 41.8 Å². The molecule has 2 amide bonds. The van der Waals surface area contributed by atoms with Crippen LogP contribution in [0.5, 0.6) is 0 Å². The number of hydrogen-bond donors (Lipinski definition) is 7. The van der Waals surface area contributed by atoms with Gasteiger partial charge in [-0.05, 0) is 27.3 Å². The number of carbonyl (C=O) groups is 7. The van der Waals surface area contributed by atoms with Crippen molar-refractivity contribution in [3.63, 3.8) is 0 Å². The Morgan fingerprint density at radius 2 is 1.06 bits per heavy atom. The summed E-state index contributed by atoms with van der Waals surface area (Å²) in [5.41, 5.74) is 13.8. The first-order chi connectivity index (χ1) is 15.8. The van der Waals surface area contributed by atoms with E-state index in [-0.39, 0.29) is 36.5 Å². The van der Waals surface area contributed by atoms with E-state index in [0.29, 0.717) is 25.7 Å². The number of nitrogens with two attached hydrogens (primary N) is 3. The topological polar surface area (TPSA) is 271 Å². The van der Waals surface area contributed by atoms with Gasteiger partial charge < -0.3 is 52.4 Å². The van der Waals surface area contributed by atoms with Crippen LogP contribution in [0.3, 0.4) is 0 Å². The minimum atomic E-state index is -1.31. The Morgan fingerprint density at radius 3 is 1.18 bits per heavy atom. The maximum absolute atomic E-state index is 10.4. The number of Topliss-reactive ketones (excluding diaryl/α,β-unsaturated/α-hetero) is 2. The molecule has 0 rings (SSSR count). The number of methoxy groups -OCH3 is 1. The van der Waals surface area contributed by atoms with E-state index in [1.165, 1.54) is 28.3 Å². The Labute approximate surface area is 199 Å². The number of carboxylic acids is 2. The van der Waals surface area contributed by atoms with Gasteiger partial charge in [-0.3, -0.25) is 24.0 Å². The third-order valence-electron chi connectivity index (χ3n) is 2.34. The summed E-state index contributed by atoms with van der Waals surface area (Å²) in [4.78, 5) is 69.3. The zero-order chi connectivity index (χ0) is 28.5. The molecule has 0 spiro atoms. The fourth-order valence-electron chi connectivity index (χ4n) is 1.04. The van der Waals surface area contributed by atoms with Gasteiger partial charge in [0, 0.05) is 33.6 Å². The molecule has 0 bridgehead atoms. The van der Waals surface area contributed by atoms with Crippen molar-refractivity contribution in [2.45, 2.75) is 46.0 Å². The monoisotopic (exact) mass is 499 g/mol. The normalized spacial score (nSPS) is 7.56. The predicted molar refractivity (Wildman–Crippen MR) is 124 cm³/mol. The number of hydrogen-bond acceptors (Lipinski definition) is 11. The maximum atomic E-state index is 10.4. The summed E-state index contributed by atoms with van der Waals surface area (Å²) in [7, 11) is 5.80. The van der Waals surface area contributed by atoms with Crippen LogP contribution < -0.4 is 27.8 Å². The molecular formula is C19H41N5O10. The number of amides is 2. The molecule has 34 heavy (non-hydrogen) atoms. The number of nitrogens with one attached hydrogen (secondary N) is 2. The van der Waals surface area contributed by atoms with E-state index in [4.69, 9.17) is 15.0 Å². The van der Waals surface area contributed by atoms with Crippen molar-refractivity contribution in [1.29, 1.82) is 0 Å². The van der Waals surface area contributed by atoms with Crippen LogP contribution in [0.1, 0.15) is 46.0 Å². The average molecular weight is 500 g/mol. The second-order valence-electron chi connectivity index (χ2n) is 5.31. The second-order valence-corrected chi connectivity index (χ2v) is 5.31. The van der Waals surface area contributed by atoms with Crippen LogP contribution in [0.4, 0.5) is 0 Å². The summed E-state index contributed by atoms with van der Waals surface area (Å²) in [6.45, 7) is 3.71. The third-order valence-corrected chi connectivity index (χ3v) is 2.34. The van der Waals surface area contributed by atoms with Crippen molar-refractivity contribution in [2.24, 2.45) is 17.2 Å². The standard InChI is InChI=1S/C7H12O2.C5H10N2O2.C3H4O4.C2H4O2.CH6N2.CH5N/c1-6(8)4-3-5-7(2)9;1-6-4(8)3-5(9)7-2;4-2(5)1-3(6)7;1-4-2-3;2-1-3;1-2/h3-5H2,1-2H3;3H2,1-2H3,(H,6,8)(H,7,9);1H2,(H,4,5)(H,6,7);2H,1H3;1-3H2;2H2,1H3. The largest absolute Gasteiger partial charge is 0.481 e. The van der Waals surface area contributed by atoms with E-state index in [9.17, 15) is 28.8 Å². The highest BCUT2D eigenvalue weighted by Gasteiger charge is 2.03. The summed E-state index contributed by atoms with van der Waals surface area (Å²) < 4.78 is 3.86. The first kappa shape index (κ1) is 44.3. The number of carboxylic acid groups (broad SMARTS) is 2. The van der Waals surface area contributed by atoms with Crippen LogP contribution in [-0.2, 0) is 38.3 Å². The highest BCUT2D eigenvalue weighted by Crippen LogP contribution is 1.95. The van der Waals surface area contributed by atoms with Gasteiger partial charge in [0.2, 0.25) is 11.8 Å². The molecule has 0 aromatic heterocycles. The zero-order valence-electron chi connectivity index (χ0n) is 20.7. The van der Waals surface area contributed by atoms with Gasteiger partial charge in [-0.25, -0.2) is 0 Å². The molecule has 15 heteroatoms. The molecule has 0 aliphatic rings. The summed E-state index contributed by atoms with van der Waals surface area (Å²) in [6, 6.07) is 0. The van der Waals surface area contributed by atoms with Gasteiger partial charge in [-0.2, -0.15) is 0 Å². The quantitative estimate of drug-likeness (QED) is 0.103. The lowest BCUT2D eigenvalue weighted by atomic mass is 10.1. The number of ketones is 2. The van der Waals surface area contributed by atoms with Gasteiger partial charge in [0.25, 0.3) is 6.47 Å². The SMILES string of the molecule is CC(=O)CCCC(C)=O.CN.CNC(=O)CC(=O)NC.COC=O.NCN.O=C(O)CC(=O)O. The van der Waals surface area contributed by atoms with Gasteiger partial charge in [0.15, 0.2) is 0 Å². The van der Waals surface area contributed by atoms with Gasteiger partial charge >= 0.3 is 11.9 Å². The Hall–Kier alpha value is -3.43. The van der Waals surface area contributed by atoms with Gasteiger partial charge in [-0.1, -0.05) is 0 Å². The van der Waals surface area contributed by atoms with Crippen LogP contribution >= 0.6 is 0 Å². The van der Waals surface area contributed by atoms with E-state index in [1.807, 2.05) is 0 Å². The van der Waals surface area contributed by atoms with Crippen LogP contribution in [0.15, 0.2) is 0 Å². The van der Waals surface area contributed by atoms with Crippen molar-refractivity contribution in [1.82, 2.24) is 10.6 Å². The molecule has 0 heterocycles. The van der Waals surface area contributed by atoms with E-state index in [0.717, 1.165) is 0 Å². The lowest BCUT2D eigenvalue weighted by Crippen LogP contribution is -2.27. The lowest BCUT2D eigenvalue weighted by Gasteiger charge is -1.96. The molecule has 0 aliphatic heterocycles. The first-order valence-electron chi connectivity index (χ1n) is 9.57. The van der Waals surface area contributed by atoms with Crippen LogP contribution in [0.2, 0.25) is 0 Å². The Kier molecular flexibility index (Phi) is 52.1. The lowest BCUT2D eigenvalue weighted by molar-refractivity contribution is -0.147. The molecule has 0 aliphatic carbocycles. The molecule has 0 fully saturated rings. The highest BCUT2D eigenvalue weighted by atomic mass is 16.5. The molecule has 0 radical (unpaired) electrons. The minimum Gasteiger partial charge on any atom is -0.481 e. The van der Waals surface area contributed by atoms with E-state index in [1.54, 1.807) is 13.8 Å². The summed E-state index contributed by atoms with van der Waals surface area (Å²) in [5, 5.41) is 20.1. The molecule has 202 valence electrons. The molecule has 0 aromatic rings. The van der Waals surface area contributed by atoms with Gasteiger partial charge in [0.1, 0.15) is 24.4 Å². The first-order valence-corrected chi connectivity index (χ1v) is 9.57. The van der Waals surface area contributed by atoms with E-state index < -0.39 is 18.4 Å². The number of carbonyl (C=O) groups excluding carboxylic acids is 5. The number of aliphatic carboxylic acids is 2. The summed E-state index contributed by atoms with van der Waals surface area (Å²) >= 11 is 0. The molecule has 0 saturated carbocycles. The minimum absolute atomic E-state index is 0.0903. The van der Waals surface area contributed by atoms with Gasteiger partial charge in [0.05, 0.1) is 7.11 Å². The predicted octanol–water partition coefficient (Wildman–Crippen LogP) is -2.03. The zero-order valence-corrected chi connectivity index (χ0v) is 20.7. The average Bonchev–Trinajstić information content (AvgIpc) is 2.75. The van der Waals surface area contributed by atoms with Crippen molar-refractivity contribution in [3.8, 4) is 0 Å². The molecule has 0 aromatic carbocycles. The molecule has 0 saturated heterocycles. The van der Waals surface area contributed by atoms with Gasteiger partial charge in [-0.15, -0.1) is 0 Å². The van der Waals surface area contributed by atoms with Crippen LogP contribution in [0, 0.1) is 0 Å². The maximum Gasteiger partial charge on any atom is 0.314 e. The summed E-state index contributed by atoms with van der Waals surface area (Å²) in [5.74, 6) is -2.84. The fraction of sp³-hybridized carbons (Fsp3) is 0.632. The second kappa shape index (κ2) is 40.0. The van der Waals surface area contributed by atoms with E-state index in [2.05, 4.69) is 32.6 Å². The molecular weight excluding hydrogens is 458 g/mol. The smallest absolute Gasteiger partial charge is 0.314 e. The highest BCUT2D eigenvalue weighted by molar-refractivity contribution is 5.96. The van der Waals surface area contributed by atoms with Crippen LogP contribution in [-0.4, -0.2) is 86.9 Å². The van der Waals surface area contributed by atoms with E-state index >= 15 is 0 Å². The Balaban J connectivity index is -0.0000000741. The Bertz CT molecular complexity index is 518. The molecule has 0 unspecified atom stereocenters. The van der Waals surface area contributed by atoms with Crippen molar-refractivity contribution < 1.29 is 48.5 Å². The molecule has 10 N–H and O–H groups in total. The number of rotatable bonds is 9. The Morgan fingerprint density at radius 1 is 0.794 bits per heavy atom. The molecule has 0 atom stereocenters. The van der Waals surface area contributed by atoms with Crippen molar-refractivity contribution in [2.75, 3.05) is 34.9 Å².